The molecule has 2 aromatic rings. The molecule has 1 saturated heterocycles. The van der Waals surface area contributed by atoms with Gasteiger partial charge < -0.3 is 4.90 Å². The molecular formula is C17H20N4OS. The van der Waals surface area contributed by atoms with Crippen LogP contribution in [0.3, 0.4) is 0 Å². The van der Waals surface area contributed by atoms with Crippen LogP contribution < -0.4 is 0 Å². The average molecular weight is 328 g/mol. The highest BCUT2D eigenvalue weighted by Crippen LogP contribution is 2.26. The molecular weight excluding hydrogens is 308 g/mol. The standard InChI is InChI=1S/C17H20N4OS/c1-12-8-13(2)11-21(10-12)16(22)15-9-14(4-7-18-15)23-17-19-5-3-6-20-17/h3-7,9,12-13H,8,10-11H2,1-2H3. The Morgan fingerprint density at radius 3 is 2.52 bits per heavy atom. The predicted octanol–water partition coefficient (Wildman–Crippen LogP) is 3.14. The minimum atomic E-state index is 0.0137. The molecule has 5 nitrogen and oxygen atoms in total. The molecule has 2 unspecified atom stereocenters. The van der Waals surface area contributed by atoms with Crippen molar-refractivity contribution in [2.75, 3.05) is 13.1 Å². The maximum atomic E-state index is 12.7. The largest absolute Gasteiger partial charge is 0.337 e. The van der Waals surface area contributed by atoms with Crippen LogP contribution in [0.4, 0.5) is 0 Å². The summed E-state index contributed by atoms with van der Waals surface area (Å²) in [6.07, 6.45) is 6.27. The predicted molar refractivity (Wildman–Crippen MR) is 89.2 cm³/mol. The molecule has 0 spiro atoms. The minimum absolute atomic E-state index is 0.0137. The van der Waals surface area contributed by atoms with Gasteiger partial charge in [-0.3, -0.25) is 9.78 Å². The van der Waals surface area contributed by atoms with Crippen molar-refractivity contribution in [3.8, 4) is 0 Å². The van der Waals surface area contributed by atoms with Gasteiger partial charge in [-0.05, 0) is 48.2 Å². The van der Waals surface area contributed by atoms with Gasteiger partial charge in [0, 0.05) is 36.6 Å². The molecule has 0 saturated carbocycles. The lowest BCUT2D eigenvalue weighted by atomic mass is 9.92. The van der Waals surface area contributed by atoms with Gasteiger partial charge in [0.25, 0.3) is 5.91 Å². The molecule has 2 aromatic heterocycles. The number of aromatic nitrogens is 3. The zero-order valence-electron chi connectivity index (χ0n) is 13.3. The van der Waals surface area contributed by atoms with E-state index in [9.17, 15) is 4.79 Å². The van der Waals surface area contributed by atoms with Gasteiger partial charge >= 0.3 is 0 Å². The van der Waals surface area contributed by atoms with Crippen LogP contribution in [-0.4, -0.2) is 38.8 Å². The van der Waals surface area contributed by atoms with Gasteiger partial charge in [-0.25, -0.2) is 9.97 Å². The van der Waals surface area contributed by atoms with Crippen molar-refractivity contribution in [3.05, 3.63) is 42.5 Å². The molecule has 2 atom stereocenters. The monoisotopic (exact) mass is 328 g/mol. The molecule has 3 rings (SSSR count). The highest BCUT2D eigenvalue weighted by atomic mass is 32.2. The van der Waals surface area contributed by atoms with Crippen molar-refractivity contribution in [1.29, 1.82) is 0 Å². The van der Waals surface area contributed by atoms with Crippen molar-refractivity contribution in [2.45, 2.75) is 30.3 Å². The Morgan fingerprint density at radius 1 is 1.13 bits per heavy atom. The lowest BCUT2D eigenvalue weighted by molar-refractivity contribution is 0.0617. The summed E-state index contributed by atoms with van der Waals surface area (Å²) in [6, 6.07) is 5.48. The summed E-state index contributed by atoms with van der Waals surface area (Å²) in [5.74, 6) is 1.09. The first-order chi connectivity index (χ1) is 11.1. The van der Waals surface area contributed by atoms with Gasteiger partial charge in [-0.2, -0.15) is 0 Å². The van der Waals surface area contributed by atoms with Crippen LogP contribution in [0.5, 0.6) is 0 Å². The zero-order chi connectivity index (χ0) is 16.2. The second-order valence-electron chi connectivity index (χ2n) is 6.17. The van der Waals surface area contributed by atoms with E-state index in [0.717, 1.165) is 18.0 Å². The zero-order valence-corrected chi connectivity index (χ0v) is 14.2. The Bertz CT molecular complexity index is 669. The molecule has 6 heteroatoms. The Kier molecular flexibility index (Phi) is 4.91. The number of pyridine rings is 1. The molecule has 1 aliphatic rings. The van der Waals surface area contributed by atoms with E-state index >= 15 is 0 Å². The van der Waals surface area contributed by atoms with Gasteiger partial charge in [0.15, 0.2) is 5.16 Å². The molecule has 1 amide bonds. The summed E-state index contributed by atoms with van der Waals surface area (Å²) >= 11 is 1.43. The van der Waals surface area contributed by atoms with Gasteiger partial charge in [-0.15, -0.1) is 0 Å². The molecule has 0 N–H and O–H groups in total. The summed E-state index contributed by atoms with van der Waals surface area (Å²) in [7, 11) is 0. The topological polar surface area (TPSA) is 59.0 Å². The number of carbonyl (C=O) groups is 1. The maximum Gasteiger partial charge on any atom is 0.272 e. The molecule has 120 valence electrons. The normalized spacial score (nSPS) is 21.2. The number of hydrogen-bond acceptors (Lipinski definition) is 5. The Labute approximate surface area is 140 Å². The molecule has 0 aliphatic carbocycles. The summed E-state index contributed by atoms with van der Waals surface area (Å²) in [5, 5.41) is 0.664. The van der Waals surface area contributed by atoms with Crippen LogP contribution in [0, 0.1) is 11.8 Å². The number of likely N-dealkylation sites (tertiary alicyclic amines) is 1. The molecule has 23 heavy (non-hydrogen) atoms. The molecule has 3 heterocycles. The fourth-order valence-electron chi connectivity index (χ4n) is 3.03. The number of carbonyl (C=O) groups excluding carboxylic acids is 1. The Balaban J connectivity index is 1.75. The maximum absolute atomic E-state index is 12.7. The lowest BCUT2D eigenvalue weighted by Gasteiger charge is -2.34. The van der Waals surface area contributed by atoms with Gasteiger partial charge in [0.2, 0.25) is 0 Å². The van der Waals surface area contributed by atoms with Crippen LogP contribution in [0.15, 0.2) is 46.8 Å². The highest BCUT2D eigenvalue weighted by molar-refractivity contribution is 7.99. The second kappa shape index (κ2) is 7.08. The molecule has 0 radical (unpaired) electrons. The van der Waals surface area contributed by atoms with Crippen LogP contribution in [0.2, 0.25) is 0 Å². The minimum Gasteiger partial charge on any atom is -0.337 e. The van der Waals surface area contributed by atoms with Crippen LogP contribution in [0.25, 0.3) is 0 Å². The van der Waals surface area contributed by atoms with Crippen LogP contribution in [-0.2, 0) is 0 Å². The van der Waals surface area contributed by atoms with Gasteiger partial charge in [0.1, 0.15) is 5.69 Å². The smallest absolute Gasteiger partial charge is 0.272 e. The third-order valence-electron chi connectivity index (χ3n) is 3.86. The van der Waals surface area contributed by atoms with Gasteiger partial charge in [-0.1, -0.05) is 13.8 Å². The average Bonchev–Trinajstić information content (AvgIpc) is 2.54. The number of nitrogens with zero attached hydrogens (tertiary/aromatic N) is 4. The van der Waals surface area contributed by atoms with Crippen LogP contribution in [0.1, 0.15) is 30.8 Å². The van der Waals surface area contributed by atoms with E-state index in [1.807, 2.05) is 17.0 Å². The van der Waals surface area contributed by atoms with E-state index < -0.39 is 0 Å². The Morgan fingerprint density at radius 2 is 1.83 bits per heavy atom. The Hall–Kier alpha value is -1.95. The quantitative estimate of drug-likeness (QED) is 0.810. The van der Waals surface area contributed by atoms with Crippen molar-refractivity contribution in [3.63, 3.8) is 0 Å². The van der Waals surface area contributed by atoms with Crippen molar-refractivity contribution >= 4 is 17.7 Å². The van der Waals surface area contributed by atoms with E-state index in [1.54, 1.807) is 24.7 Å². The summed E-state index contributed by atoms with van der Waals surface area (Å²) in [6.45, 7) is 6.01. The van der Waals surface area contributed by atoms with E-state index in [-0.39, 0.29) is 5.91 Å². The number of piperidine rings is 1. The first-order valence-corrected chi connectivity index (χ1v) is 8.63. The fraction of sp³-hybridized carbons (Fsp3) is 0.412. The molecule has 0 bridgehead atoms. The van der Waals surface area contributed by atoms with Crippen molar-refractivity contribution < 1.29 is 4.79 Å². The number of rotatable bonds is 3. The second-order valence-corrected chi connectivity index (χ2v) is 7.21. The third kappa shape index (κ3) is 4.07. The first kappa shape index (κ1) is 15.9. The van der Waals surface area contributed by atoms with Gasteiger partial charge in [0.05, 0.1) is 0 Å². The molecule has 1 fully saturated rings. The van der Waals surface area contributed by atoms with Crippen molar-refractivity contribution in [2.24, 2.45) is 11.8 Å². The van der Waals surface area contributed by atoms with E-state index in [1.165, 1.54) is 18.2 Å². The third-order valence-corrected chi connectivity index (χ3v) is 4.74. The summed E-state index contributed by atoms with van der Waals surface area (Å²) in [4.78, 5) is 28.2. The lowest BCUT2D eigenvalue weighted by Crippen LogP contribution is -2.42. The van der Waals surface area contributed by atoms with E-state index in [4.69, 9.17) is 0 Å². The SMILES string of the molecule is CC1CC(C)CN(C(=O)c2cc(Sc3ncccn3)ccn2)C1. The highest BCUT2D eigenvalue weighted by Gasteiger charge is 2.26. The fourth-order valence-corrected chi connectivity index (χ4v) is 3.76. The van der Waals surface area contributed by atoms with Crippen molar-refractivity contribution in [1.82, 2.24) is 19.9 Å². The first-order valence-electron chi connectivity index (χ1n) is 7.82. The number of amides is 1. The van der Waals surface area contributed by atoms with Crippen LogP contribution >= 0.6 is 11.8 Å². The molecule has 0 aromatic carbocycles. The van der Waals surface area contributed by atoms with E-state index in [2.05, 4.69) is 28.8 Å². The van der Waals surface area contributed by atoms with E-state index in [0.29, 0.717) is 22.7 Å². The number of hydrogen-bond donors (Lipinski definition) is 0. The summed E-state index contributed by atoms with van der Waals surface area (Å²) < 4.78 is 0. The molecule has 1 aliphatic heterocycles. The summed E-state index contributed by atoms with van der Waals surface area (Å²) in [5.41, 5.74) is 0.493.